The maximum Gasteiger partial charge on any atom is 0.135 e. The van der Waals surface area contributed by atoms with Gasteiger partial charge in [0.2, 0.25) is 0 Å². The lowest BCUT2D eigenvalue weighted by atomic mass is 10.1. The highest BCUT2D eigenvalue weighted by Crippen LogP contribution is 2.33. The molecule has 3 nitrogen and oxygen atoms in total. The van der Waals surface area contributed by atoms with E-state index in [0.29, 0.717) is 0 Å². The zero-order chi connectivity index (χ0) is 13.9. The smallest absolute Gasteiger partial charge is 0.135 e. The van der Waals surface area contributed by atoms with Crippen molar-refractivity contribution in [3.63, 3.8) is 0 Å². The van der Waals surface area contributed by atoms with Gasteiger partial charge in [-0.15, -0.1) is 0 Å². The Kier molecular flexibility index (Phi) is 3.92. The summed E-state index contributed by atoms with van der Waals surface area (Å²) in [5.41, 5.74) is 5.12. The number of anilines is 1. The Bertz CT molecular complexity index is 625. The molecule has 1 aromatic carbocycles. The van der Waals surface area contributed by atoms with Crippen LogP contribution in [0.1, 0.15) is 35.1 Å². The van der Waals surface area contributed by atoms with Crippen LogP contribution < -0.4 is 5.32 Å². The van der Waals surface area contributed by atoms with Gasteiger partial charge in [-0.3, -0.25) is 0 Å². The lowest BCUT2D eigenvalue weighted by molar-refractivity contribution is 0.919. The molecular weight excluding hydrogens is 266 g/mol. The monoisotopic (exact) mass is 285 g/mol. The van der Waals surface area contributed by atoms with Crippen molar-refractivity contribution in [3.05, 3.63) is 52.5 Å². The second kappa shape index (κ2) is 5.83. The summed E-state index contributed by atoms with van der Waals surface area (Å²) in [6.45, 7) is 5.15. The van der Waals surface area contributed by atoms with E-state index < -0.39 is 0 Å². The number of benzene rings is 1. The first kappa shape index (κ1) is 13.4. The molecule has 1 aromatic heterocycles. The van der Waals surface area contributed by atoms with Gasteiger partial charge in [-0.2, -0.15) is 11.8 Å². The second-order valence-corrected chi connectivity index (χ2v) is 6.03. The molecule has 0 radical (unpaired) electrons. The van der Waals surface area contributed by atoms with Crippen molar-refractivity contribution >= 4 is 17.6 Å². The number of nitrogens with one attached hydrogen (secondary N) is 1. The molecule has 20 heavy (non-hydrogen) atoms. The predicted molar refractivity (Wildman–Crippen MR) is 85.2 cm³/mol. The summed E-state index contributed by atoms with van der Waals surface area (Å²) in [5, 5.41) is 3.38. The van der Waals surface area contributed by atoms with Crippen LogP contribution in [0, 0.1) is 6.92 Å². The summed E-state index contributed by atoms with van der Waals surface area (Å²) in [5.74, 6) is 4.00. The first-order valence-corrected chi connectivity index (χ1v) is 8.18. The fourth-order valence-corrected chi connectivity index (χ4v) is 3.52. The van der Waals surface area contributed by atoms with Gasteiger partial charge >= 0.3 is 0 Å². The maximum absolute atomic E-state index is 4.76. The van der Waals surface area contributed by atoms with E-state index in [1.54, 1.807) is 0 Å². The van der Waals surface area contributed by atoms with E-state index in [1.165, 1.54) is 22.4 Å². The Hall–Kier alpha value is -1.55. The largest absolute Gasteiger partial charge is 0.370 e. The summed E-state index contributed by atoms with van der Waals surface area (Å²) in [6.07, 6.45) is 0.809. The SMILES string of the molecule is CCNc1nc(Cc2ccccc2C)nc2c1CSC2. The van der Waals surface area contributed by atoms with Crippen molar-refractivity contribution in [2.24, 2.45) is 0 Å². The van der Waals surface area contributed by atoms with Gasteiger partial charge in [0.1, 0.15) is 11.6 Å². The summed E-state index contributed by atoms with van der Waals surface area (Å²) in [6, 6.07) is 8.46. The third-order valence-corrected chi connectivity index (χ3v) is 4.55. The molecule has 2 heterocycles. The number of hydrogen-bond donors (Lipinski definition) is 1. The van der Waals surface area contributed by atoms with E-state index in [-0.39, 0.29) is 0 Å². The molecule has 0 spiro atoms. The number of aromatic nitrogens is 2. The molecule has 0 atom stereocenters. The zero-order valence-corrected chi connectivity index (χ0v) is 12.8. The molecule has 0 fully saturated rings. The van der Waals surface area contributed by atoms with Crippen molar-refractivity contribution in [2.75, 3.05) is 11.9 Å². The first-order valence-electron chi connectivity index (χ1n) is 7.02. The van der Waals surface area contributed by atoms with Gasteiger partial charge in [0, 0.05) is 30.0 Å². The van der Waals surface area contributed by atoms with E-state index in [9.17, 15) is 0 Å². The third kappa shape index (κ3) is 2.66. The molecule has 2 aromatic rings. The highest BCUT2D eigenvalue weighted by Gasteiger charge is 2.19. The quantitative estimate of drug-likeness (QED) is 0.932. The van der Waals surface area contributed by atoms with Crippen molar-refractivity contribution < 1.29 is 0 Å². The van der Waals surface area contributed by atoms with Crippen LogP contribution in [-0.4, -0.2) is 16.5 Å². The maximum atomic E-state index is 4.76. The number of aryl methyl sites for hydroxylation is 1. The van der Waals surface area contributed by atoms with Gasteiger partial charge in [-0.05, 0) is 25.0 Å². The van der Waals surface area contributed by atoms with Crippen LogP contribution in [0.15, 0.2) is 24.3 Å². The predicted octanol–water partition coefficient (Wildman–Crippen LogP) is 3.55. The van der Waals surface area contributed by atoms with Crippen LogP contribution in [0.3, 0.4) is 0 Å². The number of nitrogens with zero attached hydrogens (tertiary/aromatic N) is 2. The standard InChI is InChI=1S/C16H19N3S/c1-3-17-16-13-9-20-10-14(13)18-15(19-16)8-12-7-5-4-6-11(12)2/h4-7H,3,8-10H2,1-2H3,(H,17,18,19). The minimum Gasteiger partial charge on any atom is -0.370 e. The second-order valence-electron chi connectivity index (χ2n) is 5.04. The summed E-state index contributed by atoms with van der Waals surface area (Å²) in [7, 11) is 0. The van der Waals surface area contributed by atoms with E-state index in [2.05, 4.69) is 43.4 Å². The van der Waals surface area contributed by atoms with Crippen LogP contribution in [0.5, 0.6) is 0 Å². The van der Waals surface area contributed by atoms with Crippen molar-refractivity contribution in [3.8, 4) is 0 Å². The molecule has 0 unspecified atom stereocenters. The van der Waals surface area contributed by atoms with Crippen LogP contribution in [0.2, 0.25) is 0 Å². The summed E-state index contributed by atoms with van der Waals surface area (Å²) < 4.78 is 0. The normalized spacial score (nSPS) is 13.3. The van der Waals surface area contributed by atoms with E-state index in [1.807, 2.05) is 11.8 Å². The topological polar surface area (TPSA) is 37.8 Å². The van der Waals surface area contributed by atoms with Crippen molar-refractivity contribution in [1.29, 1.82) is 0 Å². The van der Waals surface area contributed by atoms with E-state index in [4.69, 9.17) is 9.97 Å². The fraction of sp³-hybridized carbons (Fsp3) is 0.375. The Morgan fingerprint density at radius 2 is 2.05 bits per heavy atom. The number of fused-ring (bicyclic) bond motifs is 1. The highest BCUT2D eigenvalue weighted by molar-refractivity contribution is 7.98. The molecule has 4 heteroatoms. The molecule has 0 amide bonds. The van der Waals surface area contributed by atoms with Crippen LogP contribution in [-0.2, 0) is 17.9 Å². The molecule has 0 saturated heterocycles. The number of rotatable bonds is 4. The Labute approximate surface area is 124 Å². The Balaban J connectivity index is 1.94. The molecule has 1 aliphatic rings. The van der Waals surface area contributed by atoms with E-state index >= 15 is 0 Å². The van der Waals surface area contributed by atoms with Gasteiger partial charge in [0.05, 0.1) is 5.69 Å². The molecule has 0 bridgehead atoms. The molecule has 0 saturated carbocycles. The average molecular weight is 285 g/mol. The minimum absolute atomic E-state index is 0.809. The minimum atomic E-state index is 0.809. The molecule has 0 aliphatic carbocycles. The number of hydrogen-bond acceptors (Lipinski definition) is 4. The molecule has 3 rings (SSSR count). The average Bonchev–Trinajstić information content (AvgIpc) is 2.90. The Morgan fingerprint density at radius 1 is 1.20 bits per heavy atom. The fourth-order valence-electron chi connectivity index (χ4n) is 2.47. The van der Waals surface area contributed by atoms with E-state index in [0.717, 1.165) is 36.1 Å². The molecule has 1 aliphatic heterocycles. The molecule has 1 N–H and O–H groups in total. The van der Waals surface area contributed by atoms with Crippen molar-refractivity contribution in [2.45, 2.75) is 31.8 Å². The van der Waals surface area contributed by atoms with Crippen LogP contribution in [0.4, 0.5) is 5.82 Å². The lowest BCUT2D eigenvalue weighted by Gasteiger charge is -2.11. The summed E-state index contributed by atoms with van der Waals surface area (Å²) in [4.78, 5) is 9.50. The highest BCUT2D eigenvalue weighted by atomic mass is 32.2. The lowest BCUT2D eigenvalue weighted by Crippen LogP contribution is -2.09. The van der Waals surface area contributed by atoms with Gasteiger partial charge in [0.25, 0.3) is 0 Å². The van der Waals surface area contributed by atoms with Crippen molar-refractivity contribution in [1.82, 2.24) is 9.97 Å². The Morgan fingerprint density at radius 3 is 2.85 bits per heavy atom. The van der Waals surface area contributed by atoms with Crippen LogP contribution >= 0.6 is 11.8 Å². The summed E-state index contributed by atoms with van der Waals surface area (Å²) >= 11 is 1.92. The van der Waals surface area contributed by atoms with Gasteiger partial charge in [-0.25, -0.2) is 9.97 Å². The van der Waals surface area contributed by atoms with Gasteiger partial charge in [0.15, 0.2) is 0 Å². The third-order valence-electron chi connectivity index (χ3n) is 3.58. The molecule has 104 valence electrons. The van der Waals surface area contributed by atoms with Gasteiger partial charge in [-0.1, -0.05) is 24.3 Å². The number of thioether (sulfide) groups is 1. The molecular formula is C16H19N3S. The van der Waals surface area contributed by atoms with Crippen LogP contribution in [0.25, 0.3) is 0 Å². The van der Waals surface area contributed by atoms with Gasteiger partial charge < -0.3 is 5.32 Å². The first-order chi connectivity index (χ1) is 9.78. The zero-order valence-electron chi connectivity index (χ0n) is 11.9.